The van der Waals surface area contributed by atoms with Gasteiger partial charge in [-0.15, -0.1) is 0 Å². The molecule has 0 bridgehead atoms. The lowest BCUT2D eigenvalue weighted by Gasteiger charge is -2.42. The molecule has 0 aromatic heterocycles. The molecule has 1 aromatic rings. The van der Waals surface area contributed by atoms with Crippen molar-refractivity contribution in [1.29, 1.82) is 0 Å². The number of epoxide rings is 1. The summed E-state index contributed by atoms with van der Waals surface area (Å²) in [5.41, 5.74) is 1.27. The molecular weight excluding hydrogens is 498 g/mol. The van der Waals surface area contributed by atoms with Gasteiger partial charge in [0, 0.05) is 24.4 Å². The van der Waals surface area contributed by atoms with E-state index in [1.54, 1.807) is 0 Å². The smallest absolute Gasteiger partial charge is 0.171 e. The minimum absolute atomic E-state index is 0.159. The third kappa shape index (κ3) is 12.0. The van der Waals surface area contributed by atoms with Crippen LogP contribution >= 0.6 is 0 Å². The third-order valence-electron chi connectivity index (χ3n) is 8.50. The second-order valence-electron chi connectivity index (χ2n) is 14.1. The van der Waals surface area contributed by atoms with Gasteiger partial charge in [-0.2, -0.15) is 0 Å². The van der Waals surface area contributed by atoms with E-state index in [1.807, 2.05) is 0 Å². The van der Waals surface area contributed by atoms with E-state index in [1.165, 1.54) is 69.8 Å². The Bertz CT molecular complexity index is 834. The molecule has 0 radical (unpaired) electrons. The Morgan fingerprint density at radius 3 is 2.15 bits per heavy atom. The average Bonchev–Trinajstić information content (AvgIpc) is 3.64. The van der Waals surface area contributed by atoms with Gasteiger partial charge in [-0.3, -0.25) is 0 Å². The predicted octanol–water partition coefficient (Wildman–Crippen LogP) is 9.14. The third-order valence-corrected chi connectivity index (χ3v) is 8.50. The monoisotopic (exact) mass is 559 g/mol. The van der Waals surface area contributed by atoms with Crippen molar-refractivity contribution in [3.8, 4) is 5.75 Å². The van der Waals surface area contributed by atoms with Crippen LogP contribution in [0.1, 0.15) is 144 Å². The van der Waals surface area contributed by atoms with Crippen molar-refractivity contribution in [2.75, 3.05) is 19.8 Å². The van der Waals surface area contributed by atoms with E-state index < -0.39 is 5.79 Å². The van der Waals surface area contributed by atoms with Crippen LogP contribution in [0.3, 0.4) is 0 Å². The molecule has 2 fully saturated rings. The number of hydrogen-bond donors (Lipinski definition) is 1. The van der Waals surface area contributed by atoms with Gasteiger partial charge in [0.25, 0.3) is 0 Å². The standard InChI is InChI=1S/C35H61NO4/c1-8-10-11-12-13-14-15-16-17-31-25-39-35(40-31,26-33(4,5)22-9-2)27-34(6,7)36-28(3)29-18-20-30(21-19-29)37-23-32-24-38-32/h18-21,28,31-32,36H,8-17,22-27H2,1-7H3. The zero-order chi connectivity index (χ0) is 29.1. The molecule has 4 unspecified atom stereocenters. The highest BCUT2D eigenvalue weighted by molar-refractivity contribution is 5.29. The van der Waals surface area contributed by atoms with Crippen LogP contribution in [0.2, 0.25) is 0 Å². The first kappa shape index (κ1) is 33.4. The summed E-state index contributed by atoms with van der Waals surface area (Å²) in [6.45, 7) is 18.3. The largest absolute Gasteiger partial charge is 0.491 e. The van der Waals surface area contributed by atoms with E-state index in [0.29, 0.717) is 6.61 Å². The Kier molecular flexibility index (Phi) is 13.3. The molecule has 2 aliphatic rings. The highest BCUT2D eigenvalue weighted by Gasteiger charge is 2.48. The Balaban J connectivity index is 1.54. The molecular formula is C35H61NO4. The summed E-state index contributed by atoms with van der Waals surface area (Å²) in [6.07, 6.45) is 16.5. The number of nitrogens with one attached hydrogen (secondary N) is 1. The lowest BCUT2D eigenvalue weighted by molar-refractivity contribution is -0.203. The van der Waals surface area contributed by atoms with Crippen LogP contribution < -0.4 is 10.1 Å². The first-order valence-corrected chi connectivity index (χ1v) is 16.5. The quantitative estimate of drug-likeness (QED) is 0.120. The zero-order valence-corrected chi connectivity index (χ0v) is 27.0. The molecule has 3 rings (SSSR count). The van der Waals surface area contributed by atoms with Gasteiger partial charge in [-0.1, -0.05) is 97.6 Å². The second kappa shape index (κ2) is 15.9. The Morgan fingerprint density at radius 1 is 0.875 bits per heavy atom. The van der Waals surface area contributed by atoms with Crippen molar-refractivity contribution in [3.63, 3.8) is 0 Å². The Hall–Kier alpha value is -1.14. The van der Waals surface area contributed by atoms with Gasteiger partial charge in [-0.05, 0) is 56.7 Å². The SMILES string of the molecule is CCCCCCCCCCC1COC(CC(C)(C)CCC)(CC(C)(C)NC(C)c2ccc(OCC3CO3)cc2)O1. The molecule has 5 heteroatoms. The number of unbranched alkanes of at least 4 members (excludes halogenated alkanes) is 7. The fourth-order valence-electron chi connectivity index (χ4n) is 6.61. The molecule has 0 spiro atoms. The van der Waals surface area contributed by atoms with Gasteiger partial charge in [0.1, 0.15) is 18.5 Å². The number of hydrogen-bond acceptors (Lipinski definition) is 5. The van der Waals surface area contributed by atoms with E-state index in [-0.39, 0.29) is 29.2 Å². The number of rotatable bonds is 21. The molecule has 0 aliphatic carbocycles. The summed E-state index contributed by atoms with van der Waals surface area (Å²) in [7, 11) is 0. The van der Waals surface area contributed by atoms with Crippen molar-refractivity contribution in [1.82, 2.24) is 5.32 Å². The van der Waals surface area contributed by atoms with Crippen LogP contribution in [0.15, 0.2) is 24.3 Å². The lowest BCUT2D eigenvalue weighted by atomic mass is 9.78. The van der Waals surface area contributed by atoms with Gasteiger partial charge < -0.3 is 24.3 Å². The van der Waals surface area contributed by atoms with Crippen LogP contribution in [-0.4, -0.2) is 43.4 Å². The lowest BCUT2D eigenvalue weighted by Crippen LogP contribution is -2.50. The molecule has 2 heterocycles. The molecule has 40 heavy (non-hydrogen) atoms. The fourth-order valence-corrected chi connectivity index (χ4v) is 6.61. The Morgan fingerprint density at radius 2 is 1.52 bits per heavy atom. The maximum atomic E-state index is 6.89. The number of ether oxygens (including phenoxy) is 4. The Labute approximate surface area is 246 Å². The van der Waals surface area contributed by atoms with E-state index in [0.717, 1.165) is 38.2 Å². The van der Waals surface area contributed by atoms with Gasteiger partial charge in [0.2, 0.25) is 0 Å². The van der Waals surface area contributed by atoms with Gasteiger partial charge in [0.15, 0.2) is 5.79 Å². The predicted molar refractivity (Wildman–Crippen MR) is 166 cm³/mol. The number of benzene rings is 1. The van der Waals surface area contributed by atoms with Crippen LogP contribution in [0.5, 0.6) is 5.75 Å². The molecule has 0 amide bonds. The van der Waals surface area contributed by atoms with Gasteiger partial charge >= 0.3 is 0 Å². The van der Waals surface area contributed by atoms with Crippen LogP contribution in [0.25, 0.3) is 0 Å². The molecule has 1 N–H and O–H groups in total. The molecule has 0 saturated carbocycles. The zero-order valence-electron chi connectivity index (χ0n) is 27.0. The fraction of sp³-hybridized carbons (Fsp3) is 0.829. The first-order chi connectivity index (χ1) is 19.1. The van der Waals surface area contributed by atoms with Crippen LogP contribution in [-0.2, 0) is 14.2 Å². The summed E-state index contributed by atoms with van der Waals surface area (Å²) in [5, 5.41) is 3.90. The molecule has 1 aromatic carbocycles. The molecule has 2 aliphatic heterocycles. The van der Waals surface area contributed by atoms with E-state index >= 15 is 0 Å². The average molecular weight is 560 g/mol. The minimum atomic E-state index is -0.539. The minimum Gasteiger partial charge on any atom is -0.491 e. The van der Waals surface area contributed by atoms with Gasteiger partial charge in [0.05, 0.1) is 19.3 Å². The second-order valence-corrected chi connectivity index (χ2v) is 14.1. The summed E-state index contributed by atoms with van der Waals surface area (Å²) in [4.78, 5) is 0. The van der Waals surface area contributed by atoms with Crippen molar-refractivity contribution in [2.45, 2.75) is 162 Å². The van der Waals surface area contributed by atoms with Crippen LogP contribution in [0, 0.1) is 5.41 Å². The maximum Gasteiger partial charge on any atom is 0.171 e. The maximum absolute atomic E-state index is 6.89. The highest BCUT2D eigenvalue weighted by atomic mass is 16.7. The summed E-state index contributed by atoms with van der Waals surface area (Å²) in [6, 6.07) is 8.66. The topological polar surface area (TPSA) is 52.2 Å². The highest BCUT2D eigenvalue weighted by Crippen LogP contribution is 2.44. The van der Waals surface area contributed by atoms with E-state index in [4.69, 9.17) is 18.9 Å². The van der Waals surface area contributed by atoms with Crippen LogP contribution in [0.4, 0.5) is 0 Å². The van der Waals surface area contributed by atoms with Crippen molar-refractivity contribution in [3.05, 3.63) is 29.8 Å². The van der Waals surface area contributed by atoms with Crippen molar-refractivity contribution >= 4 is 0 Å². The van der Waals surface area contributed by atoms with Gasteiger partial charge in [-0.25, -0.2) is 0 Å². The summed E-state index contributed by atoms with van der Waals surface area (Å²) < 4.78 is 24.6. The van der Waals surface area contributed by atoms with Crippen molar-refractivity contribution < 1.29 is 18.9 Å². The first-order valence-electron chi connectivity index (χ1n) is 16.5. The van der Waals surface area contributed by atoms with E-state index in [9.17, 15) is 0 Å². The molecule has 230 valence electrons. The molecule has 5 nitrogen and oxygen atoms in total. The summed E-state index contributed by atoms with van der Waals surface area (Å²) in [5.74, 6) is 0.362. The van der Waals surface area contributed by atoms with E-state index in [2.05, 4.69) is 78.0 Å². The normalized spacial score (nSPS) is 23.9. The molecule has 4 atom stereocenters. The van der Waals surface area contributed by atoms with Crippen molar-refractivity contribution in [2.24, 2.45) is 5.41 Å². The summed E-state index contributed by atoms with van der Waals surface area (Å²) >= 11 is 0. The molecule has 2 saturated heterocycles.